The summed E-state index contributed by atoms with van der Waals surface area (Å²) in [4.78, 5) is 32.2. The minimum absolute atomic E-state index is 0.0434. The van der Waals surface area contributed by atoms with Gasteiger partial charge in [-0.15, -0.1) is 11.3 Å². The fourth-order valence-electron chi connectivity index (χ4n) is 3.61. The van der Waals surface area contributed by atoms with Gasteiger partial charge in [0.1, 0.15) is 4.83 Å². The number of methoxy groups -OCH3 is 1. The second kappa shape index (κ2) is 8.75. The summed E-state index contributed by atoms with van der Waals surface area (Å²) in [6.07, 6.45) is 4.27. The molecule has 0 radical (unpaired) electrons. The third-order valence-electron chi connectivity index (χ3n) is 5.05. The Morgan fingerprint density at radius 1 is 1.41 bits per heavy atom. The van der Waals surface area contributed by atoms with Crippen molar-refractivity contribution in [3.8, 4) is 0 Å². The molecule has 2 aromatic heterocycles. The molecular formula is C19H27N3O3S2. The van der Waals surface area contributed by atoms with E-state index in [9.17, 15) is 9.59 Å². The van der Waals surface area contributed by atoms with Crippen LogP contribution in [0, 0.1) is 13.8 Å². The van der Waals surface area contributed by atoms with Gasteiger partial charge >= 0.3 is 0 Å². The van der Waals surface area contributed by atoms with E-state index < -0.39 is 0 Å². The lowest BCUT2D eigenvalue weighted by Crippen LogP contribution is -2.37. The molecule has 1 atom stereocenters. The van der Waals surface area contributed by atoms with Crippen LogP contribution in [0.2, 0.25) is 0 Å². The molecule has 0 spiro atoms. The van der Waals surface area contributed by atoms with Crippen molar-refractivity contribution >= 4 is 39.2 Å². The Labute approximate surface area is 167 Å². The molecule has 0 aromatic carbocycles. The number of nitrogens with one attached hydrogen (secondary N) is 1. The topological polar surface area (TPSA) is 73.2 Å². The van der Waals surface area contributed by atoms with Crippen molar-refractivity contribution in [2.75, 3.05) is 19.5 Å². The Hall–Kier alpha value is -1.38. The second-order valence-electron chi connectivity index (χ2n) is 7.18. The third-order valence-corrected chi connectivity index (χ3v) is 7.10. The highest BCUT2D eigenvalue weighted by molar-refractivity contribution is 7.99. The van der Waals surface area contributed by atoms with Crippen LogP contribution in [0.15, 0.2) is 9.95 Å². The predicted octanol–water partition coefficient (Wildman–Crippen LogP) is 3.43. The van der Waals surface area contributed by atoms with Crippen molar-refractivity contribution < 1.29 is 9.53 Å². The van der Waals surface area contributed by atoms with E-state index >= 15 is 0 Å². The van der Waals surface area contributed by atoms with Crippen LogP contribution in [-0.4, -0.2) is 41.0 Å². The molecular weight excluding hydrogens is 382 g/mol. The van der Waals surface area contributed by atoms with Gasteiger partial charge in [0.2, 0.25) is 5.91 Å². The maximum Gasteiger partial charge on any atom is 0.263 e. The van der Waals surface area contributed by atoms with Gasteiger partial charge in [-0.2, -0.15) is 0 Å². The van der Waals surface area contributed by atoms with Gasteiger partial charge in [0, 0.05) is 24.1 Å². The van der Waals surface area contributed by atoms with Crippen LogP contribution in [-0.2, 0) is 9.53 Å². The quantitative estimate of drug-likeness (QED) is 0.560. The molecule has 148 valence electrons. The van der Waals surface area contributed by atoms with Crippen LogP contribution in [0.25, 0.3) is 10.2 Å². The number of thioether (sulfide) groups is 1. The summed E-state index contributed by atoms with van der Waals surface area (Å²) in [5.41, 5.74) is 1.08. The predicted molar refractivity (Wildman–Crippen MR) is 111 cm³/mol. The highest BCUT2D eigenvalue weighted by Crippen LogP contribution is 2.34. The first kappa shape index (κ1) is 20.4. The normalized spacial score (nSPS) is 16.1. The summed E-state index contributed by atoms with van der Waals surface area (Å²) < 4.78 is 6.91. The number of aromatic nitrogens is 2. The van der Waals surface area contributed by atoms with E-state index in [2.05, 4.69) is 5.32 Å². The molecule has 1 aliphatic rings. The van der Waals surface area contributed by atoms with Crippen LogP contribution in [0.4, 0.5) is 0 Å². The summed E-state index contributed by atoms with van der Waals surface area (Å²) in [7, 11) is 1.61. The lowest BCUT2D eigenvalue weighted by Gasteiger charge is -2.18. The molecule has 1 saturated carbocycles. The highest BCUT2D eigenvalue weighted by atomic mass is 32.2. The first-order valence-corrected chi connectivity index (χ1v) is 11.2. The molecule has 1 fully saturated rings. The molecule has 3 rings (SSSR count). The number of ether oxygens (including phenoxy) is 1. The number of aryl methyl sites for hydroxylation is 2. The average Bonchev–Trinajstić information content (AvgIpc) is 3.22. The molecule has 1 N–H and O–H groups in total. The molecule has 2 heterocycles. The second-order valence-corrected chi connectivity index (χ2v) is 9.33. The molecule has 2 aromatic rings. The van der Waals surface area contributed by atoms with Crippen LogP contribution in [0.5, 0.6) is 0 Å². The Kier molecular flexibility index (Phi) is 6.60. The molecule has 0 aliphatic heterocycles. The van der Waals surface area contributed by atoms with Crippen molar-refractivity contribution in [2.45, 2.75) is 63.7 Å². The molecule has 0 unspecified atom stereocenters. The number of carbonyl (C=O) groups is 1. The summed E-state index contributed by atoms with van der Waals surface area (Å²) in [5.74, 6) is 0.164. The van der Waals surface area contributed by atoms with Crippen molar-refractivity contribution in [3.63, 3.8) is 0 Å². The standard InChI is InChI=1S/C19H27N3O3S2/c1-11(9-25-4)20-15(23)10-26-19-21-17-16(12(2)13(3)27-17)18(24)22(19)14-7-5-6-8-14/h11,14H,5-10H2,1-4H3,(H,20,23)/t11-/m0/s1. The van der Waals surface area contributed by atoms with Crippen LogP contribution in [0.1, 0.15) is 49.1 Å². The summed E-state index contributed by atoms with van der Waals surface area (Å²) >= 11 is 2.91. The zero-order valence-corrected chi connectivity index (χ0v) is 18.0. The maximum atomic E-state index is 13.3. The number of thiophene rings is 1. The zero-order chi connectivity index (χ0) is 19.6. The number of hydrogen-bond acceptors (Lipinski definition) is 6. The number of hydrogen-bond donors (Lipinski definition) is 1. The van der Waals surface area contributed by atoms with Crippen LogP contribution in [0.3, 0.4) is 0 Å². The first-order valence-electron chi connectivity index (χ1n) is 9.35. The lowest BCUT2D eigenvalue weighted by atomic mass is 10.2. The van der Waals surface area contributed by atoms with Gasteiger partial charge < -0.3 is 10.1 Å². The maximum absolute atomic E-state index is 13.3. The minimum Gasteiger partial charge on any atom is -0.383 e. The SMILES string of the molecule is COC[C@H](C)NC(=O)CSc1nc2sc(C)c(C)c2c(=O)n1C1CCCC1. The average molecular weight is 410 g/mol. The van der Waals surface area contributed by atoms with Gasteiger partial charge in [-0.1, -0.05) is 24.6 Å². The highest BCUT2D eigenvalue weighted by Gasteiger charge is 2.25. The molecule has 0 bridgehead atoms. The van der Waals surface area contributed by atoms with Gasteiger partial charge in [-0.05, 0) is 39.2 Å². The summed E-state index contributed by atoms with van der Waals surface area (Å²) in [6.45, 7) is 6.40. The van der Waals surface area contributed by atoms with E-state index in [-0.39, 0.29) is 29.3 Å². The summed E-state index contributed by atoms with van der Waals surface area (Å²) in [6, 6.07) is 0.144. The molecule has 0 saturated heterocycles. The number of fused-ring (bicyclic) bond motifs is 1. The van der Waals surface area contributed by atoms with Gasteiger partial charge in [0.25, 0.3) is 5.56 Å². The Bertz CT molecular complexity index is 884. The van der Waals surface area contributed by atoms with Crippen LogP contribution < -0.4 is 10.9 Å². The van der Waals surface area contributed by atoms with Gasteiger partial charge in [-0.25, -0.2) is 4.98 Å². The van der Waals surface area contributed by atoms with Crippen molar-refractivity contribution in [3.05, 3.63) is 20.8 Å². The first-order chi connectivity index (χ1) is 12.9. The number of nitrogens with zero attached hydrogens (tertiary/aromatic N) is 2. The van der Waals surface area contributed by atoms with Gasteiger partial charge in [0.15, 0.2) is 5.16 Å². The number of carbonyl (C=O) groups excluding carboxylic acids is 1. The van der Waals surface area contributed by atoms with E-state index in [1.165, 1.54) is 11.8 Å². The minimum atomic E-state index is -0.0737. The van der Waals surface area contributed by atoms with Crippen molar-refractivity contribution in [1.82, 2.24) is 14.9 Å². The fourth-order valence-corrected chi connectivity index (χ4v) is 5.56. The smallest absolute Gasteiger partial charge is 0.263 e. The van der Waals surface area contributed by atoms with E-state index in [1.807, 2.05) is 25.3 Å². The monoisotopic (exact) mass is 409 g/mol. The molecule has 27 heavy (non-hydrogen) atoms. The van der Waals surface area contributed by atoms with E-state index in [1.54, 1.807) is 18.4 Å². The Morgan fingerprint density at radius 2 is 2.11 bits per heavy atom. The molecule has 1 amide bonds. The largest absolute Gasteiger partial charge is 0.383 e. The Morgan fingerprint density at radius 3 is 2.78 bits per heavy atom. The molecule has 1 aliphatic carbocycles. The van der Waals surface area contributed by atoms with E-state index in [0.29, 0.717) is 11.8 Å². The van der Waals surface area contributed by atoms with E-state index in [0.717, 1.165) is 46.3 Å². The fraction of sp³-hybridized carbons (Fsp3) is 0.632. The van der Waals surface area contributed by atoms with E-state index in [4.69, 9.17) is 9.72 Å². The lowest BCUT2D eigenvalue weighted by molar-refractivity contribution is -0.119. The van der Waals surface area contributed by atoms with Crippen molar-refractivity contribution in [2.24, 2.45) is 0 Å². The zero-order valence-electron chi connectivity index (χ0n) is 16.3. The summed E-state index contributed by atoms with van der Waals surface area (Å²) in [5, 5.41) is 4.31. The molecule has 8 heteroatoms. The number of rotatable bonds is 7. The number of amides is 1. The van der Waals surface area contributed by atoms with Gasteiger partial charge in [0.05, 0.1) is 17.7 Å². The third kappa shape index (κ3) is 4.38. The van der Waals surface area contributed by atoms with Gasteiger partial charge in [-0.3, -0.25) is 14.2 Å². The van der Waals surface area contributed by atoms with Crippen LogP contribution >= 0.6 is 23.1 Å². The Balaban J connectivity index is 1.90. The molecule has 6 nitrogen and oxygen atoms in total. The van der Waals surface area contributed by atoms with Crippen molar-refractivity contribution in [1.29, 1.82) is 0 Å².